The lowest BCUT2D eigenvalue weighted by atomic mass is 10.1. The van der Waals surface area contributed by atoms with Crippen LogP contribution in [0.3, 0.4) is 0 Å². The number of carbonyl (C=O) groups excluding carboxylic acids is 1. The Kier molecular flexibility index (Phi) is 5.54. The zero-order valence-electron chi connectivity index (χ0n) is 16.2. The summed E-state index contributed by atoms with van der Waals surface area (Å²) in [6.07, 6.45) is 0. The number of ether oxygens (including phenoxy) is 1. The molecule has 1 heterocycles. The van der Waals surface area contributed by atoms with Crippen LogP contribution in [-0.4, -0.2) is 34.6 Å². The van der Waals surface area contributed by atoms with Crippen LogP contribution in [0.25, 0.3) is 21.9 Å². The first-order valence-electron chi connectivity index (χ1n) is 9.29. The lowest BCUT2D eigenvalue weighted by Gasteiger charge is -2.08. The SMILES string of the molecule is COCCNS(=O)(=O)c1ccc(C(=O)Nc2ccc3oc4ccccc4c3c2)cc1. The third-order valence-corrected chi connectivity index (χ3v) is 6.14. The van der Waals surface area contributed by atoms with Crippen LogP contribution in [0.15, 0.2) is 76.0 Å². The summed E-state index contributed by atoms with van der Waals surface area (Å²) in [6, 6.07) is 18.9. The molecule has 0 aliphatic heterocycles. The van der Waals surface area contributed by atoms with E-state index < -0.39 is 10.0 Å². The van der Waals surface area contributed by atoms with E-state index in [9.17, 15) is 13.2 Å². The van der Waals surface area contributed by atoms with Crippen molar-refractivity contribution in [2.75, 3.05) is 25.6 Å². The number of amides is 1. The van der Waals surface area contributed by atoms with E-state index in [1.54, 1.807) is 6.07 Å². The molecule has 4 rings (SSSR count). The summed E-state index contributed by atoms with van der Waals surface area (Å²) in [7, 11) is -2.15. The van der Waals surface area contributed by atoms with E-state index in [1.807, 2.05) is 36.4 Å². The predicted molar refractivity (Wildman–Crippen MR) is 115 cm³/mol. The fourth-order valence-corrected chi connectivity index (χ4v) is 4.17. The van der Waals surface area contributed by atoms with Gasteiger partial charge < -0.3 is 14.5 Å². The molecule has 0 aliphatic carbocycles. The number of anilines is 1. The van der Waals surface area contributed by atoms with Crippen LogP contribution in [0.2, 0.25) is 0 Å². The van der Waals surface area contributed by atoms with Gasteiger partial charge in [0.05, 0.1) is 11.5 Å². The van der Waals surface area contributed by atoms with E-state index in [2.05, 4.69) is 10.0 Å². The van der Waals surface area contributed by atoms with Crippen LogP contribution in [0.5, 0.6) is 0 Å². The highest BCUT2D eigenvalue weighted by atomic mass is 32.2. The summed E-state index contributed by atoms with van der Waals surface area (Å²) in [6.45, 7) is 0.447. The fraction of sp³-hybridized carbons (Fsp3) is 0.136. The van der Waals surface area contributed by atoms with Gasteiger partial charge >= 0.3 is 0 Å². The second-order valence-electron chi connectivity index (χ2n) is 6.68. The molecule has 2 N–H and O–H groups in total. The van der Waals surface area contributed by atoms with E-state index in [1.165, 1.54) is 31.4 Å². The van der Waals surface area contributed by atoms with E-state index in [4.69, 9.17) is 9.15 Å². The van der Waals surface area contributed by atoms with Crippen LogP contribution in [0, 0.1) is 0 Å². The Morgan fingerprint density at radius 2 is 1.70 bits per heavy atom. The number of carbonyl (C=O) groups is 1. The predicted octanol–water partition coefficient (Wildman–Crippen LogP) is 3.76. The van der Waals surface area contributed by atoms with Crippen molar-refractivity contribution in [3.8, 4) is 0 Å². The zero-order valence-corrected chi connectivity index (χ0v) is 17.0. The minimum absolute atomic E-state index is 0.0847. The molecule has 0 saturated carbocycles. The Bertz CT molecular complexity index is 1310. The van der Waals surface area contributed by atoms with E-state index in [0.29, 0.717) is 11.3 Å². The lowest BCUT2D eigenvalue weighted by molar-refractivity contribution is 0.102. The summed E-state index contributed by atoms with van der Waals surface area (Å²) < 4.78 is 37.5. The Labute approximate surface area is 173 Å². The topological polar surface area (TPSA) is 97.6 Å². The van der Waals surface area contributed by atoms with Crippen LogP contribution in [0.4, 0.5) is 5.69 Å². The Hall–Kier alpha value is -3.20. The van der Waals surface area contributed by atoms with Gasteiger partial charge in [-0.1, -0.05) is 18.2 Å². The third kappa shape index (κ3) is 4.06. The van der Waals surface area contributed by atoms with E-state index in [-0.39, 0.29) is 24.0 Å². The number of furan rings is 1. The van der Waals surface area contributed by atoms with Gasteiger partial charge in [0.1, 0.15) is 11.2 Å². The van der Waals surface area contributed by atoms with Crippen molar-refractivity contribution >= 4 is 43.6 Å². The summed E-state index contributed by atoms with van der Waals surface area (Å²) in [5.41, 5.74) is 2.50. The molecular formula is C22H20N2O5S. The molecule has 0 aliphatic rings. The summed E-state index contributed by atoms with van der Waals surface area (Å²) in [5.74, 6) is -0.335. The molecule has 3 aromatic carbocycles. The monoisotopic (exact) mass is 424 g/mol. The molecule has 0 saturated heterocycles. The normalized spacial score (nSPS) is 11.8. The van der Waals surface area contributed by atoms with Crippen molar-refractivity contribution in [1.29, 1.82) is 0 Å². The van der Waals surface area contributed by atoms with Crippen LogP contribution in [0.1, 0.15) is 10.4 Å². The maximum atomic E-state index is 12.6. The smallest absolute Gasteiger partial charge is 0.255 e. The van der Waals surface area contributed by atoms with Crippen LogP contribution >= 0.6 is 0 Å². The first kappa shape index (κ1) is 20.1. The number of sulfonamides is 1. The molecule has 0 bridgehead atoms. The number of benzene rings is 3. The van der Waals surface area contributed by atoms with E-state index in [0.717, 1.165) is 21.9 Å². The molecule has 0 atom stereocenters. The molecule has 8 heteroatoms. The fourth-order valence-electron chi connectivity index (χ4n) is 3.15. The Morgan fingerprint density at radius 3 is 2.47 bits per heavy atom. The highest BCUT2D eigenvalue weighted by molar-refractivity contribution is 7.89. The number of hydrogen-bond donors (Lipinski definition) is 2. The molecular weight excluding hydrogens is 404 g/mol. The molecule has 1 aromatic heterocycles. The first-order chi connectivity index (χ1) is 14.5. The standard InChI is InChI=1S/C22H20N2O5S/c1-28-13-12-23-30(26,27)17-9-6-15(7-10-17)22(25)24-16-8-11-21-19(14-16)18-4-2-3-5-20(18)29-21/h2-11,14,23H,12-13H2,1H3,(H,24,25). The van der Waals surface area contributed by atoms with E-state index >= 15 is 0 Å². The lowest BCUT2D eigenvalue weighted by Crippen LogP contribution is -2.27. The van der Waals surface area contributed by atoms with Gasteiger partial charge in [-0.3, -0.25) is 4.79 Å². The summed E-state index contributed by atoms with van der Waals surface area (Å²) in [5, 5.41) is 4.72. The van der Waals surface area contributed by atoms with Crippen molar-refractivity contribution in [2.45, 2.75) is 4.90 Å². The summed E-state index contributed by atoms with van der Waals surface area (Å²) in [4.78, 5) is 12.7. The van der Waals surface area contributed by atoms with Crippen molar-refractivity contribution in [2.24, 2.45) is 0 Å². The molecule has 0 unspecified atom stereocenters. The van der Waals surface area contributed by atoms with Gasteiger partial charge in [-0.05, 0) is 48.5 Å². The second-order valence-corrected chi connectivity index (χ2v) is 8.45. The van der Waals surface area contributed by atoms with Gasteiger partial charge in [0.15, 0.2) is 0 Å². The number of para-hydroxylation sites is 1. The maximum absolute atomic E-state index is 12.6. The quantitative estimate of drug-likeness (QED) is 0.440. The van der Waals surface area contributed by atoms with Gasteiger partial charge in [0.25, 0.3) is 5.91 Å². The molecule has 0 radical (unpaired) electrons. The number of hydrogen-bond acceptors (Lipinski definition) is 5. The number of rotatable bonds is 7. The largest absolute Gasteiger partial charge is 0.456 e. The van der Waals surface area contributed by atoms with Gasteiger partial charge in [-0.2, -0.15) is 0 Å². The Morgan fingerprint density at radius 1 is 0.967 bits per heavy atom. The molecule has 0 spiro atoms. The van der Waals surface area contributed by atoms with Crippen LogP contribution < -0.4 is 10.0 Å². The molecule has 0 fully saturated rings. The third-order valence-electron chi connectivity index (χ3n) is 4.66. The molecule has 154 valence electrons. The zero-order chi connectivity index (χ0) is 21.1. The van der Waals surface area contributed by atoms with Crippen molar-refractivity contribution in [3.05, 3.63) is 72.3 Å². The minimum atomic E-state index is -3.64. The average Bonchev–Trinajstić information content (AvgIpc) is 3.12. The maximum Gasteiger partial charge on any atom is 0.255 e. The molecule has 1 amide bonds. The molecule has 7 nitrogen and oxygen atoms in total. The van der Waals surface area contributed by atoms with Crippen LogP contribution in [-0.2, 0) is 14.8 Å². The van der Waals surface area contributed by atoms with Gasteiger partial charge in [-0.25, -0.2) is 13.1 Å². The van der Waals surface area contributed by atoms with Crippen molar-refractivity contribution in [1.82, 2.24) is 4.72 Å². The average molecular weight is 424 g/mol. The summed E-state index contributed by atoms with van der Waals surface area (Å²) >= 11 is 0. The van der Waals surface area contributed by atoms with Gasteiger partial charge in [0.2, 0.25) is 10.0 Å². The molecule has 30 heavy (non-hydrogen) atoms. The highest BCUT2D eigenvalue weighted by Gasteiger charge is 2.15. The minimum Gasteiger partial charge on any atom is -0.456 e. The van der Waals surface area contributed by atoms with Gasteiger partial charge in [0, 0.05) is 35.7 Å². The Balaban J connectivity index is 1.52. The van der Waals surface area contributed by atoms with Gasteiger partial charge in [-0.15, -0.1) is 0 Å². The molecule has 4 aromatic rings. The highest BCUT2D eigenvalue weighted by Crippen LogP contribution is 2.30. The first-order valence-corrected chi connectivity index (χ1v) is 10.8. The number of methoxy groups -OCH3 is 1. The number of fused-ring (bicyclic) bond motifs is 3. The number of nitrogens with one attached hydrogen (secondary N) is 2. The van der Waals surface area contributed by atoms with Crippen molar-refractivity contribution in [3.63, 3.8) is 0 Å². The van der Waals surface area contributed by atoms with Crippen molar-refractivity contribution < 1.29 is 22.4 Å². The second kappa shape index (κ2) is 8.27.